The van der Waals surface area contributed by atoms with Gasteiger partial charge in [0.15, 0.2) is 0 Å². The molecule has 0 spiro atoms. The van der Waals surface area contributed by atoms with Gasteiger partial charge in [-0.1, -0.05) is 18.2 Å². The molecule has 1 aromatic rings. The molecule has 3 aliphatic rings. The number of carbonyl (C=O) groups excluding carboxylic acids is 3. The average Bonchev–Trinajstić information content (AvgIpc) is 3.28. The summed E-state index contributed by atoms with van der Waals surface area (Å²) in [5.74, 6) is 0.591. The Bertz CT molecular complexity index is 671. The summed E-state index contributed by atoms with van der Waals surface area (Å²) in [6.07, 6.45) is 1.82. The highest BCUT2D eigenvalue weighted by Gasteiger charge is 2.51. The normalized spacial score (nSPS) is 25.9. The Labute approximate surface area is 146 Å². The summed E-state index contributed by atoms with van der Waals surface area (Å²) in [6, 6.07) is 8.54. The summed E-state index contributed by atoms with van der Waals surface area (Å²) < 4.78 is 5.63. The molecule has 1 aromatic carbocycles. The summed E-state index contributed by atoms with van der Waals surface area (Å²) in [5, 5.41) is 0. The SMILES string of the molecule is O=C1C[C@H](N2C(=O)[C@H]3CCCN3C2=O)CN1CCOc1ccccc1. The van der Waals surface area contributed by atoms with Gasteiger partial charge in [-0.05, 0) is 25.0 Å². The molecule has 0 unspecified atom stereocenters. The lowest BCUT2D eigenvalue weighted by Crippen LogP contribution is -2.43. The number of imide groups is 1. The van der Waals surface area contributed by atoms with Gasteiger partial charge in [0, 0.05) is 19.5 Å². The molecule has 3 fully saturated rings. The fourth-order valence-electron chi connectivity index (χ4n) is 3.91. The first kappa shape index (κ1) is 15.9. The van der Waals surface area contributed by atoms with Gasteiger partial charge < -0.3 is 14.5 Å². The van der Waals surface area contributed by atoms with Gasteiger partial charge in [0.05, 0.1) is 12.6 Å². The number of carbonyl (C=O) groups is 3. The summed E-state index contributed by atoms with van der Waals surface area (Å²) >= 11 is 0. The largest absolute Gasteiger partial charge is 0.492 e. The van der Waals surface area contributed by atoms with Crippen molar-refractivity contribution in [2.45, 2.75) is 31.3 Å². The number of para-hydroxylation sites is 1. The Hall–Kier alpha value is -2.57. The highest BCUT2D eigenvalue weighted by Crippen LogP contribution is 2.31. The van der Waals surface area contributed by atoms with E-state index in [1.807, 2.05) is 30.3 Å². The first-order valence-electron chi connectivity index (χ1n) is 8.74. The minimum atomic E-state index is -0.352. The Balaban J connectivity index is 1.34. The first-order valence-corrected chi connectivity index (χ1v) is 8.74. The van der Waals surface area contributed by atoms with Crippen LogP contribution in [0.4, 0.5) is 4.79 Å². The Morgan fingerprint density at radius 1 is 1.12 bits per heavy atom. The molecular weight excluding hydrogens is 322 g/mol. The van der Waals surface area contributed by atoms with Gasteiger partial charge in [-0.2, -0.15) is 0 Å². The number of urea groups is 1. The molecule has 0 aliphatic carbocycles. The maximum absolute atomic E-state index is 12.5. The first-order chi connectivity index (χ1) is 12.1. The Morgan fingerprint density at radius 2 is 1.92 bits per heavy atom. The van der Waals surface area contributed by atoms with E-state index in [0.717, 1.165) is 18.6 Å². The van der Waals surface area contributed by atoms with Crippen molar-refractivity contribution in [3.63, 3.8) is 0 Å². The number of hydrogen-bond acceptors (Lipinski definition) is 4. The van der Waals surface area contributed by atoms with Crippen LogP contribution in [0, 0.1) is 0 Å². The molecule has 3 heterocycles. The van der Waals surface area contributed by atoms with Gasteiger partial charge in [-0.3, -0.25) is 14.5 Å². The quantitative estimate of drug-likeness (QED) is 0.751. The van der Waals surface area contributed by atoms with Crippen molar-refractivity contribution in [2.24, 2.45) is 0 Å². The van der Waals surface area contributed by atoms with Crippen molar-refractivity contribution in [3.05, 3.63) is 30.3 Å². The number of likely N-dealkylation sites (tertiary alicyclic amines) is 1. The van der Waals surface area contributed by atoms with E-state index in [9.17, 15) is 14.4 Å². The molecule has 0 N–H and O–H groups in total. The average molecular weight is 343 g/mol. The fraction of sp³-hybridized carbons (Fsp3) is 0.500. The van der Waals surface area contributed by atoms with Crippen molar-refractivity contribution < 1.29 is 19.1 Å². The molecule has 0 bridgehead atoms. The van der Waals surface area contributed by atoms with Crippen molar-refractivity contribution in [3.8, 4) is 5.75 Å². The second kappa shape index (κ2) is 6.38. The van der Waals surface area contributed by atoms with Crippen LogP contribution in [0.1, 0.15) is 19.3 Å². The van der Waals surface area contributed by atoms with Crippen LogP contribution in [0.3, 0.4) is 0 Å². The number of benzene rings is 1. The highest BCUT2D eigenvalue weighted by atomic mass is 16.5. The monoisotopic (exact) mass is 343 g/mol. The smallest absolute Gasteiger partial charge is 0.327 e. The molecule has 4 rings (SSSR count). The summed E-state index contributed by atoms with van der Waals surface area (Å²) in [7, 11) is 0. The van der Waals surface area contributed by atoms with Crippen molar-refractivity contribution in [1.82, 2.24) is 14.7 Å². The van der Waals surface area contributed by atoms with E-state index in [1.54, 1.807) is 9.80 Å². The van der Waals surface area contributed by atoms with E-state index in [-0.39, 0.29) is 36.3 Å². The standard InChI is InChI=1S/C18H21N3O4/c22-16-11-13(21-17(23)15-7-4-8-20(15)18(21)24)12-19(16)9-10-25-14-5-2-1-3-6-14/h1-3,5-6,13,15H,4,7-12H2/t13-,15+/m0/s1. The van der Waals surface area contributed by atoms with Gasteiger partial charge in [-0.15, -0.1) is 0 Å². The van der Waals surface area contributed by atoms with Crippen LogP contribution in [0.5, 0.6) is 5.75 Å². The molecule has 0 aromatic heterocycles. The van der Waals surface area contributed by atoms with E-state index < -0.39 is 0 Å². The zero-order chi connectivity index (χ0) is 17.4. The van der Waals surface area contributed by atoms with E-state index in [0.29, 0.717) is 26.2 Å². The zero-order valence-corrected chi connectivity index (χ0v) is 14.0. The van der Waals surface area contributed by atoms with Crippen LogP contribution in [-0.4, -0.2) is 70.9 Å². The molecule has 4 amide bonds. The maximum Gasteiger partial charge on any atom is 0.327 e. The lowest BCUT2D eigenvalue weighted by Gasteiger charge is -2.22. The third-order valence-electron chi connectivity index (χ3n) is 5.16. The van der Waals surface area contributed by atoms with Crippen LogP contribution in [0.25, 0.3) is 0 Å². The van der Waals surface area contributed by atoms with Gasteiger partial charge in [0.2, 0.25) is 5.91 Å². The topological polar surface area (TPSA) is 70.2 Å². The number of ether oxygens (including phenoxy) is 1. The number of nitrogens with zero attached hydrogens (tertiary/aromatic N) is 3. The minimum absolute atomic E-state index is 0.0330. The predicted molar refractivity (Wildman–Crippen MR) is 88.9 cm³/mol. The number of fused-ring (bicyclic) bond motifs is 1. The van der Waals surface area contributed by atoms with E-state index in [2.05, 4.69) is 0 Å². The molecule has 2 atom stereocenters. The van der Waals surface area contributed by atoms with Crippen molar-refractivity contribution in [2.75, 3.05) is 26.2 Å². The number of amides is 4. The van der Waals surface area contributed by atoms with Crippen molar-refractivity contribution >= 4 is 17.8 Å². The molecule has 7 nitrogen and oxygen atoms in total. The Morgan fingerprint density at radius 3 is 2.68 bits per heavy atom. The lowest BCUT2D eigenvalue weighted by molar-refractivity contribution is -0.129. The van der Waals surface area contributed by atoms with E-state index in [4.69, 9.17) is 4.74 Å². The molecule has 0 radical (unpaired) electrons. The third-order valence-corrected chi connectivity index (χ3v) is 5.16. The number of hydrogen-bond donors (Lipinski definition) is 0. The van der Waals surface area contributed by atoms with Crippen LogP contribution >= 0.6 is 0 Å². The van der Waals surface area contributed by atoms with Gasteiger partial charge in [0.1, 0.15) is 18.4 Å². The highest BCUT2D eigenvalue weighted by molar-refractivity contribution is 6.05. The van der Waals surface area contributed by atoms with Crippen molar-refractivity contribution in [1.29, 1.82) is 0 Å². The lowest BCUT2D eigenvalue weighted by atomic mass is 10.2. The fourth-order valence-corrected chi connectivity index (χ4v) is 3.91. The van der Waals surface area contributed by atoms with Crippen LogP contribution in [-0.2, 0) is 9.59 Å². The second-order valence-corrected chi connectivity index (χ2v) is 6.70. The van der Waals surface area contributed by atoms with Crippen LogP contribution in [0.15, 0.2) is 30.3 Å². The van der Waals surface area contributed by atoms with Crippen LogP contribution in [0.2, 0.25) is 0 Å². The minimum Gasteiger partial charge on any atom is -0.492 e. The molecular formula is C18H21N3O4. The number of rotatable bonds is 5. The molecule has 132 valence electrons. The summed E-state index contributed by atoms with van der Waals surface area (Å²) in [5.41, 5.74) is 0. The van der Waals surface area contributed by atoms with Gasteiger partial charge in [0.25, 0.3) is 5.91 Å². The molecule has 7 heteroatoms. The van der Waals surface area contributed by atoms with E-state index >= 15 is 0 Å². The second-order valence-electron chi connectivity index (χ2n) is 6.70. The maximum atomic E-state index is 12.5. The zero-order valence-electron chi connectivity index (χ0n) is 14.0. The molecule has 0 saturated carbocycles. The van der Waals surface area contributed by atoms with E-state index in [1.165, 1.54) is 4.90 Å². The molecule has 3 aliphatic heterocycles. The Kier molecular flexibility index (Phi) is 4.07. The summed E-state index contributed by atoms with van der Waals surface area (Å²) in [6.45, 7) is 1.88. The van der Waals surface area contributed by atoms with Crippen LogP contribution < -0.4 is 4.74 Å². The molecule has 3 saturated heterocycles. The summed E-state index contributed by atoms with van der Waals surface area (Å²) in [4.78, 5) is 41.9. The van der Waals surface area contributed by atoms with Gasteiger partial charge in [-0.25, -0.2) is 4.79 Å². The van der Waals surface area contributed by atoms with Gasteiger partial charge >= 0.3 is 6.03 Å². The third kappa shape index (κ3) is 2.83. The predicted octanol–water partition coefficient (Wildman–Crippen LogP) is 1.09. The molecule has 25 heavy (non-hydrogen) atoms.